The minimum atomic E-state index is 0.315. The average molecular weight is 414 g/mol. The van der Waals surface area contributed by atoms with Gasteiger partial charge in [0.2, 0.25) is 0 Å². The zero-order valence-electron chi connectivity index (χ0n) is 19.6. The van der Waals surface area contributed by atoms with Crippen molar-refractivity contribution in [1.82, 2.24) is 4.90 Å². The number of nitrogens with zero attached hydrogens (tertiary/aromatic N) is 1. The van der Waals surface area contributed by atoms with Crippen molar-refractivity contribution in [2.24, 2.45) is 5.92 Å². The fourth-order valence-corrected chi connectivity index (χ4v) is 3.68. The van der Waals surface area contributed by atoms with Gasteiger partial charge in [0, 0.05) is 13.1 Å². The van der Waals surface area contributed by atoms with Crippen molar-refractivity contribution in [2.45, 2.75) is 85.7 Å². The van der Waals surface area contributed by atoms with Gasteiger partial charge in [0.1, 0.15) is 11.5 Å². The van der Waals surface area contributed by atoms with Crippen LogP contribution in [-0.2, 0) is 13.1 Å². The Labute approximate surface area is 184 Å². The zero-order valence-corrected chi connectivity index (χ0v) is 19.6. The highest BCUT2D eigenvalue weighted by atomic mass is 16.3. The van der Waals surface area contributed by atoms with Crippen LogP contribution in [-0.4, -0.2) is 21.7 Å². The van der Waals surface area contributed by atoms with Crippen LogP contribution >= 0.6 is 0 Å². The number of unbranched alkanes of at least 4 members (excludes halogenated alkanes) is 4. The SMILES string of the molecule is CC.CCCCCCCC(C)CCN(Cc1cccc(O)c1)Cc1cccc(O)c1. The quantitative estimate of drug-likeness (QED) is 0.334. The second kappa shape index (κ2) is 15.8. The molecule has 1 unspecified atom stereocenters. The van der Waals surface area contributed by atoms with Gasteiger partial charge in [-0.05, 0) is 54.3 Å². The Morgan fingerprint density at radius 3 is 1.80 bits per heavy atom. The Kier molecular flexibility index (Phi) is 13.7. The number of aromatic hydroxyl groups is 2. The second-order valence-electron chi connectivity index (χ2n) is 8.15. The van der Waals surface area contributed by atoms with Crippen molar-refractivity contribution in [2.75, 3.05) is 6.54 Å². The lowest BCUT2D eigenvalue weighted by atomic mass is 9.98. The molecule has 2 rings (SSSR count). The Hall–Kier alpha value is -2.00. The highest BCUT2D eigenvalue weighted by Gasteiger charge is 2.11. The van der Waals surface area contributed by atoms with E-state index in [1.54, 1.807) is 12.1 Å². The lowest BCUT2D eigenvalue weighted by Gasteiger charge is -2.24. The number of hydrogen-bond acceptors (Lipinski definition) is 3. The van der Waals surface area contributed by atoms with Crippen LogP contribution in [0.15, 0.2) is 48.5 Å². The third kappa shape index (κ3) is 11.3. The van der Waals surface area contributed by atoms with Crippen LogP contribution in [0.4, 0.5) is 0 Å². The third-order valence-electron chi connectivity index (χ3n) is 5.37. The summed E-state index contributed by atoms with van der Waals surface area (Å²) in [5.41, 5.74) is 2.24. The van der Waals surface area contributed by atoms with Gasteiger partial charge in [-0.15, -0.1) is 0 Å². The molecule has 168 valence electrons. The fraction of sp³-hybridized carbons (Fsp3) is 0.556. The molecule has 2 aromatic rings. The van der Waals surface area contributed by atoms with Crippen molar-refractivity contribution in [3.05, 3.63) is 59.7 Å². The van der Waals surface area contributed by atoms with Gasteiger partial charge >= 0.3 is 0 Å². The van der Waals surface area contributed by atoms with Crippen LogP contribution in [0.5, 0.6) is 11.5 Å². The van der Waals surface area contributed by atoms with E-state index in [2.05, 4.69) is 30.9 Å². The van der Waals surface area contributed by atoms with Gasteiger partial charge < -0.3 is 10.2 Å². The summed E-state index contributed by atoms with van der Waals surface area (Å²) in [6.07, 6.45) is 9.19. The summed E-state index contributed by atoms with van der Waals surface area (Å²) in [7, 11) is 0. The number of rotatable bonds is 13. The van der Waals surface area contributed by atoms with E-state index < -0.39 is 0 Å². The number of phenols is 2. The van der Waals surface area contributed by atoms with E-state index in [1.807, 2.05) is 38.1 Å². The highest BCUT2D eigenvalue weighted by molar-refractivity contribution is 5.28. The van der Waals surface area contributed by atoms with E-state index in [4.69, 9.17) is 0 Å². The van der Waals surface area contributed by atoms with E-state index >= 15 is 0 Å². The molecule has 0 saturated heterocycles. The molecule has 0 amide bonds. The van der Waals surface area contributed by atoms with Crippen LogP contribution in [0.25, 0.3) is 0 Å². The monoisotopic (exact) mass is 413 g/mol. The maximum Gasteiger partial charge on any atom is 0.115 e. The van der Waals surface area contributed by atoms with E-state index in [0.29, 0.717) is 11.5 Å². The lowest BCUT2D eigenvalue weighted by Crippen LogP contribution is -2.25. The summed E-state index contributed by atoms with van der Waals surface area (Å²) in [5.74, 6) is 1.35. The molecule has 0 spiro atoms. The first kappa shape index (κ1) is 26.0. The molecular weight excluding hydrogens is 370 g/mol. The molecule has 0 aliphatic carbocycles. The number of phenolic OH excluding ortho intramolecular Hbond substituents is 2. The third-order valence-corrected chi connectivity index (χ3v) is 5.37. The molecule has 3 heteroatoms. The van der Waals surface area contributed by atoms with Gasteiger partial charge in [-0.25, -0.2) is 0 Å². The second-order valence-corrected chi connectivity index (χ2v) is 8.15. The molecule has 2 N–H and O–H groups in total. The summed E-state index contributed by atoms with van der Waals surface area (Å²) < 4.78 is 0. The minimum Gasteiger partial charge on any atom is -0.508 e. The lowest BCUT2D eigenvalue weighted by molar-refractivity contribution is 0.234. The minimum absolute atomic E-state index is 0.315. The summed E-state index contributed by atoms with van der Waals surface area (Å²) in [4.78, 5) is 2.41. The number of benzene rings is 2. The molecule has 0 fully saturated rings. The molecule has 30 heavy (non-hydrogen) atoms. The smallest absolute Gasteiger partial charge is 0.115 e. The van der Waals surface area contributed by atoms with Gasteiger partial charge in [-0.2, -0.15) is 0 Å². The topological polar surface area (TPSA) is 43.7 Å². The molecule has 3 nitrogen and oxygen atoms in total. The Morgan fingerprint density at radius 2 is 1.30 bits per heavy atom. The Morgan fingerprint density at radius 1 is 0.767 bits per heavy atom. The average Bonchev–Trinajstić information content (AvgIpc) is 2.73. The van der Waals surface area contributed by atoms with E-state index in [0.717, 1.165) is 36.7 Å². The Bertz CT molecular complexity index is 639. The van der Waals surface area contributed by atoms with Crippen molar-refractivity contribution < 1.29 is 10.2 Å². The van der Waals surface area contributed by atoms with E-state index in [1.165, 1.54) is 44.9 Å². The molecule has 0 saturated carbocycles. The fourth-order valence-electron chi connectivity index (χ4n) is 3.68. The molecule has 1 atom stereocenters. The summed E-state index contributed by atoms with van der Waals surface area (Å²) in [5, 5.41) is 19.6. The largest absolute Gasteiger partial charge is 0.508 e. The first-order valence-corrected chi connectivity index (χ1v) is 11.8. The van der Waals surface area contributed by atoms with Crippen LogP contribution in [0.2, 0.25) is 0 Å². The van der Waals surface area contributed by atoms with E-state index in [9.17, 15) is 10.2 Å². The molecule has 2 aromatic carbocycles. The first-order valence-electron chi connectivity index (χ1n) is 11.8. The van der Waals surface area contributed by atoms with Crippen molar-refractivity contribution in [3.63, 3.8) is 0 Å². The van der Waals surface area contributed by atoms with Gasteiger partial charge in [0.15, 0.2) is 0 Å². The van der Waals surface area contributed by atoms with Gasteiger partial charge in [0.05, 0.1) is 0 Å². The molecular formula is C27H43NO2. The molecule has 0 bridgehead atoms. The Balaban J connectivity index is 0.00000218. The molecule has 0 aliphatic heterocycles. The van der Waals surface area contributed by atoms with Gasteiger partial charge in [-0.3, -0.25) is 4.90 Å². The maximum absolute atomic E-state index is 9.78. The standard InChI is InChI=1S/C25H37NO2.C2H6/c1-3-4-5-6-7-10-21(2)15-16-26(19-22-11-8-13-24(27)17-22)20-23-12-9-14-25(28)18-23;1-2/h8-9,11-14,17-18,21,27-28H,3-7,10,15-16,19-20H2,1-2H3;1-2H3. The molecule has 0 radical (unpaired) electrons. The van der Waals surface area contributed by atoms with Crippen LogP contribution in [0.3, 0.4) is 0 Å². The molecule has 0 heterocycles. The summed E-state index contributed by atoms with van der Waals surface area (Å²) in [6, 6.07) is 15.0. The van der Waals surface area contributed by atoms with Crippen LogP contribution < -0.4 is 0 Å². The van der Waals surface area contributed by atoms with Crippen molar-refractivity contribution >= 4 is 0 Å². The van der Waals surface area contributed by atoms with Gasteiger partial charge in [0.25, 0.3) is 0 Å². The van der Waals surface area contributed by atoms with Crippen molar-refractivity contribution in [3.8, 4) is 11.5 Å². The van der Waals surface area contributed by atoms with Crippen LogP contribution in [0.1, 0.15) is 83.8 Å². The normalized spacial score (nSPS) is 11.8. The predicted octanol–water partition coefficient (Wildman–Crippen LogP) is 7.51. The zero-order chi connectivity index (χ0) is 22.2. The predicted molar refractivity (Wildman–Crippen MR) is 129 cm³/mol. The maximum atomic E-state index is 9.78. The number of hydrogen-bond donors (Lipinski definition) is 2. The highest BCUT2D eigenvalue weighted by Crippen LogP contribution is 2.20. The molecule has 0 aliphatic rings. The van der Waals surface area contributed by atoms with Crippen LogP contribution in [0, 0.1) is 5.92 Å². The first-order chi connectivity index (χ1) is 14.6. The molecule has 0 aromatic heterocycles. The summed E-state index contributed by atoms with van der Waals surface area (Å²) >= 11 is 0. The summed E-state index contributed by atoms with van der Waals surface area (Å²) in [6.45, 7) is 11.2. The van der Waals surface area contributed by atoms with Gasteiger partial charge in [-0.1, -0.05) is 90.5 Å². The van der Waals surface area contributed by atoms with Crippen molar-refractivity contribution in [1.29, 1.82) is 0 Å². The van der Waals surface area contributed by atoms with E-state index in [-0.39, 0.29) is 0 Å².